The van der Waals surface area contributed by atoms with Crippen molar-refractivity contribution in [2.75, 3.05) is 149 Å². The molecule has 0 fully saturated rings. The molecule has 35 heteroatoms. The summed E-state index contributed by atoms with van der Waals surface area (Å²) < 4.78 is 0. The van der Waals surface area contributed by atoms with Gasteiger partial charge in [-0.25, -0.2) is 43.2 Å². The summed E-state index contributed by atoms with van der Waals surface area (Å²) in [5, 5.41) is 126. The largest absolute Gasteiger partial charge is 2.00 e. The molecule has 0 saturated heterocycles. The predicted molar refractivity (Wildman–Crippen MR) is 648 cm³/mol. The number of unbranched alkanes of at least 4 members (excludes halogenated alkanes) is 1. The van der Waals surface area contributed by atoms with Gasteiger partial charge < -0.3 is 144 Å². The van der Waals surface area contributed by atoms with Crippen LogP contribution in [0.5, 0.6) is 0 Å². The molecular weight excluding hydrogens is 2200 g/mol. The van der Waals surface area contributed by atoms with Gasteiger partial charge in [-0.15, -0.1) is 126 Å². The van der Waals surface area contributed by atoms with Gasteiger partial charge in [0.2, 0.25) is 0 Å². The van der Waals surface area contributed by atoms with E-state index in [1.54, 1.807) is 27.7 Å². The van der Waals surface area contributed by atoms with Crippen LogP contribution in [0.25, 0.3) is 74.4 Å². The van der Waals surface area contributed by atoms with E-state index in [1.165, 1.54) is 12.8 Å². The van der Waals surface area contributed by atoms with Crippen molar-refractivity contribution in [1.82, 2.24) is 34.3 Å². The number of hydrogen-bond acceptors (Lipinski definition) is 14. The molecule has 0 saturated carbocycles. The molecule has 0 aromatic rings. The Morgan fingerprint density at radius 1 is 0.200 bits per heavy atom. The maximum Gasteiger partial charge on any atom is 2.00 e. The third-order valence-corrected chi connectivity index (χ3v) is 15.3. The van der Waals surface area contributed by atoms with Crippen LogP contribution in [0.1, 0.15) is 456 Å². The van der Waals surface area contributed by atoms with Gasteiger partial charge in [-0.05, 0) is 172 Å². The zero-order chi connectivity index (χ0) is 119. The van der Waals surface area contributed by atoms with Crippen LogP contribution in [-0.4, -0.2) is 374 Å². The van der Waals surface area contributed by atoms with E-state index >= 15 is 0 Å². The number of aliphatic hydroxyl groups is 7. The van der Waals surface area contributed by atoms with Crippen molar-refractivity contribution < 1.29 is 151 Å². The molecule has 0 aliphatic heterocycles. The molecule has 0 bridgehead atoms. The maximum absolute atomic E-state index is 9.45. The molecule has 0 rings (SSSR count). The van der Waals surface area contributed by atoms with Crippen molar-refractivity contribution in [2.45, 2.75) is 611 Å². The first-order valence-corrected chi connectivity index (χ1v) is 53.8. The number of likely N-dealkylation sites (N-methyl/N-ethyl adjacent to an activating group) is 7. The van der Waals surface area contributed by atoms with Gasteiger partial charge in [0, 0.05) is 45.8 Å². The number of rotatable bonds is 35. The van der Waals surface area contributed by atoms with Gasteiger partial charge in [0.1, 0.15) is 0 Å². The molecule has 0 radical (unpaired) electrons. The summed E-state index contributed by atoms with van der Waals surface area (Å²) >= 11 is 0. The standard InChI is InChI=1S/7C10H22N2.C9H21NO.C8H19NO.C7H17NO.2C6H15NO.C5H13NO.C4H11NO.7Ni/c7*1-8(11-9(2,3)4)12-10(5,6)7;1-5-6-7-10(4)8-9(2,3)11;1-5-9(6-2)7-8(3,4)10;1-5-8(4)6-7(2,3)9;1-6(2,8)5-7(3)4;1-4-7(3)5-6(2)8;1-5(7)4-6(2)3;1-5(2)3-4-6;;;;;;;/h7*8H,1-7H3;11H,5-8H2,1-4H3;10H,5-7H2,1-4H3;9H,5-6H2,1-4H3;8H,5H2,1-4H3;6,8H,4-5H2,1-3H3;5,7H,4H2,1-3H3;6H,3-4H2,1-2H3;;;;;;;/q7*-2;;;;;;;;7*+2. The molecule has 28 nitrogen and oxygen atoms in total. The van der Waals surface area contributed by atoms with Crippen LogP contribution in [0.2, 0.25) is 0 Å². The number of aliphatic hydroxyl groups excluding tert-OH is 3. The molecular formula is C115H265N21Ni7O7. The van der Waals surface area contributed by atoms with E-state index in [0.717, 1.165) is 72.0 Å². The summed E-state index contributed by atoms with van der Waals surface area (Å²) in [5.41, 5.74) is -1.90. The van der Waals surface area contributed by atoms with Crippen molar-refractivity contribution in [3.05, 3.63) is 74.4 Å². The van der Waals surface area contributed by atoms with Crippen LogP contribution in [0, 0.1) is 0 Å². The van der Waals surface area contributed by atoms with Gasteiger partial charge in [-0.3, -0.25) is 0 Å². The van der Waals surface area contributed by atoms with E-state index in [2.05, 4.69) is 419 Å². The number of nitrogens with zero attached hydrogens (tertiary/aromatic N) is 21. The summed E-state index contributed by atoms with van der Waals surface area (Å²) in [7, 11) is 17.7. The van der Waals surface area contributed by atoms with Crippen molar-refractivity contribution >= 4 is 0 Å². The van der Waals surface area contributed by atoms with Crippen molar-refractivity contribution in [3.8, 4) is 0 Å². The predicted octanol–water partition coefficient (Wildman–Crippen LogP) is 29.1. The molecule has 0 heterocycles. The van der Waals surface area contributed by atoms with E-state index in [0.29, 0.717) is 6.54 Å². The summed E-state index contributed by atoms with van der Waals surface area (Å²) in [6.45, 7) is 142. The zero-order valence-electron chi connectivity index (χ0n) is 113. The third kappa shape index (κ3) is 252. The average Bonchev–Trinajstić information content (AvgIpc) is 0.926. The Balaban J connectivity index is -0.0000000629. The first-order chi connectivity index (χ1) is 62.1. The van der Waals surface area contributed by atoms with Gasteiger partial charge in [0.05, 0.1) is 41.2 Å². The summed E-state index contributed by atoms with van der Waals surface area (Å²) in [6, 6.07) is 0. The van der Waals surface area contributed by atoms with Crippen LogP contribution in [0.4, 0.5) is 0 Å². The molecule has 150 heavy (non-hydrogen) atoms. The Bertz CT molecular complexity index is 2310. The quantitative estimate of drug-likeness (QED) is 0.0290. The minimum Gasteiger partial charge on any atom is -0.673 e. The minimum absolute atomic E-state index is 0. The van der Waals surface area contributed by atoms with Crippen LogP contribution in [-0.2, 0) is 115 Å². The molecule has 0 aromatic heterocycles. The van der Waals surface area contributed by atoms with Crippen LogP contribution in [0.3, 0.4) is 0 Å². The van der Waals surface area contributed by atoms with Crippen LogP contribution < -0.4 is 0 Å². The molecule has 2 atom stereocenters. The second-order valence-corrected chi connectivity index (χ2v) is 55.8. The van der Waals surface area contributed by atoms with Crippen LogP contribution >= 0.6 is 0 Å². The van der Waals surface area contributed by atoms with Gasteiger partial charge in [-0.2, -0.15) is 0 Å². The van der Waals surface area contributed by atoms with E-state index in [1.807, 2.05) is 168 Å². The first kappa shape index (κ1) is 202. The SMILES string of the molecule is CC(O)CN(C)C.CC([N-]C(C)(C)C)[N-]C(C)(C)C.CC([N-]C(C)(C)C)[N-]C(C)(C)C.CC([N-]C(C)(C)C)[N-]C(C)(C)C.CC([N-]C(C)(C)C)[N-]C(C)(C)C.CC([N-]C(C)(C)C)[N-]C(C)(C)C.CC([N-]C(C)(C)C)[N-]C(C)(C)C.CC([N-]C(C)(C)C)[N-]C(C)(C)C.CCCCN(C)CC(C)(C)O.CCN(C)CC(C)(C)O.CCN(C)CC(C)O.CCN(CC)CC(C)(C)O.CN(C)CC(C)(C)O.CN(C)CCO.[Ni+2].[Ni+2].[Ni+2].[Ni+2].[Ni+2].[Ni+2].[Ni+2]. The molecule has 7 N–H and O–H groups in total. The van der Waals surface area contributed by atoms with E-state index in [-0.39, 0.29) is 255 Å². The minimum atomic E-state index is -0.553. The molecule has 0 amide bonds. The summed E-state index contributed by atoms with van der Waals surface area (Å²) in [5.74, 6) is 0. The fourth-order valence-corrected chi connectivity index (χ4v) is 13.1. The fourth-order valence-electron chi connectivity index (χ4n) is 13.1. The molecule has 0 aliphatic rings. The van der Waals surface area contributed by atoms with E-state index < -0.39 is 22.4 Å². The molecule has 2 unspecified atom stereocenters. The van der Waals surface area contributed by atoms with Gasteiger partial charge in [0.25, 0.3) is 0 Å². The Hall–Kier alpha value is 2.33. The zero-order valence-corrected chi connectivity index (χ0v) is 119. The second kappa shape index (κ2) is 97.5. The van der Waals surface area contributed by atoms with Gasteiger partial charge >= 0.3 is 115 Å². The molecule has 942 valence electrons. The number of hydrogen-bond donors (Lipinski definition) is 7. The van der Waals surface area contributed by atoms with E-state index in [4.69, 9.17) is 20.4 Å². The summed E-state index contributed by atoms with van der Waals surface area (Å²) in [4.78, 5) is 14.4. The van der Waals surface area contributed by atoms with Gasteiger partial charge in [0.15, 0.2) is 0 Å². The Kier molecular flexibility index (Phi) is 131. The van der Waals surface area contributed by atoms with Gasteiger partial charge in [-0.1, -0.05) is 332 Å². The summed E-state index contributed by atoms with van der Waals surface area (Å²) in [6.07, 6.45) is 2.75. The molecule has 0 aliphatic carbocycles. The molecule has 0 spiro atoms. The Morgan fingerprint density at radius 3 is 0.420 bits per heavy atom. The Labute approximate surface area is 1010 Å². The topological polar surface area (TPSA) is 362 Å². The maximum atomic E-state index is 9.45. The Morgan fingerprint density at radius 2 is 0.360 bits per heavy atom. The van der Waals surface area contributed by atoms with E-state index in [9.17, 15) is 15.3 Å². The first-order valence-electron chi connectivity index (χ1n) is 53.8. The van der Waals surface area contributed by atoms with Crippen molar-refractivity contribution in [2.24, 2.45) is 0 Å². The normalized spacial score (nSPS) is 12.9. The van der Waals surface area contributed by atoms with Crippen LogP contribution in [0.15, 0.2) is 0 Å². The second-order valence-electron chi connectivity index (χ2n) is 55.8. The smallest absolute Gasteiger partial charge is 0.673 e. The fraction of sp³-hybridized carbons (Fsp3) is 1.00. The average molecular weight is 2470 g/mol. The van der Waals surface area contributed by atoms with Crippen molar-refractivity contribution in [1.29, 1.82) is 0 Å². The molecule has 0 aromatic carbocycles. The van der Waals surface area contributed by atoms with Crippen molar-refractivity contribution in [3.63, 3.8) is 0 Å². The monoisotopic (exact) mass is 2460 g/mol. The third-order valence-electron chi connectivity index (χ3n) is 15.3.